The number of hydrogen-bond donors (Lipinski definition) is 1. The van der Waals surface area contributed by atoms with Gasteiger partial charge >= 0.3 is 0 Å². The van der Waals surface area contributed by atoms with Crippen LogP contribution in [-0.2, 0) is 4.74 Å². The Morgan fingerprint density at radius 2 is 1.72 bits per heavy atom. The Morgan fingerprint density at radius 3 is 2.32 bits per heavy atom. The summed E-state index contributed by atoms with van der Waals surface area (Å²) >= 11 is 2.25. The number of thioether (sulfide) groups is 1. The minimum absolute atomic E-state index is 0.0636. The highest BCUT2D eigenvalue weighted by Crippen LogP contribution is 2.51. The van der Waals surface area contributed by atoms with Gasteiger partial charge in [0.2, 0.25) is 0 Å². The van der Waals surface area contributed by atoms with Gasteiger partial charge in [-0.3, -0.25) is 0 Å². The SMILES string of the molecule is CC1CCC(SC2(C3CCC(NC(C)C)C(F)C3)CCOCC2)CC1. The average molecular weight is 372 g/mol. The lowest BCUT2D eigenvalue weighted by molar-refractivity contribution is 0.0386. The van der Waals surface area contributed by atoms with Gasteiger partial charge < -0.3 is 10.1 Å². The summed E-state index contributed by atoms with van der Waals surface area (Å²) in [6.45, 7) is 8.38. The van der Waals surface area contributed by atoms with Crippen molar-refractivity contribution in [1.29, 1.82) is 0 Å². The topological polar surface area (TPSA) is 21.3 Å². The Kier molecular flexibility index (Phi) is 7.12. The second kappa shape index (κ2) is 8.93. The molecule has 0 radical (unpaired) electrons. The van der Waals surface area contributed by atoms with Gasteiger partial charge in [-0.15, -0.1) is 0 Å². The molecule has 1 N–H and O–H groups in total. The van der Waals surface area contributed by atoms with Gasteiger partial charge in [0.15, 0.2) is 0 Å². The summed E-state index contributed by atoms with van der Waals surface area (Å²) in [5.41, 5.74) is 0. The minimum Gasteiger partial charge on any atom is -0.381 e. The predicted octanol–water partition coefficient (Wildman–Crippen LogP) is 5.35. The van der Waals surface area contributed by atoms with Crippen molar-refractivity contribution in [2.24, 2.45) is 11.8 Å². The zero-order valence-corrected chi connectivity index (χ0v) is 17.3. The zero-order valence-electron chi connectivity index (χ0n) is 16.4. The molecule has 0 aromatic carbocycles. The predicted molar refractivity (Wildman–Crippen MR) is 106 cm³/mol. The van der Waals surface area contributed by atoms with E-state index in [1.165, 1.54) is 32.1 Å². The van der Waals surface area contributed by atoms with E-state index in [1.54, 1.807) is 0 Å². The Hall–Kier alpha value is 0.200. The average Bonchev–Trinajstić information content (AvgIpc) is 2.59. The quantitative estimate of drug-likeness (QED) is 0.703. The molecule has 2 saturated carbocycles. The lowest BCUT2D eigenvalue weighted by atomic mass is 9.73. The number of halogens is 1. The molecule has 4 heteroatoms. The third-order valence-electron chi connectivity index (χ3n) is 6.77. The number of nitrogens with one attached hydrogen (secondary N) is 1. The van der Waals surface area contributed by atoms with Crippen LogP contribution in [0.15, 0.2) is 0 Å². The molecular weight excluding hydrogens is 333 g/mol. The first-order valence-electron chi connectivity index (χ1n) is 10.6. The second-order valence-corrected chi connectivity index (χ2v) is 10.8. The number of rotatable bonds is 5. The molecule has 0 amide bonds. The summed E-state index contributed by atoms with van der Waals surface area (Å²) in [5.74, 6) is 1.43. The van der Waals surface area contributed by atoms with Crippen molar-refractivity contribution in [2.45, 2.75) is 107 Å². The number of hydrogen-bond acceptors (Lipinski definition) is 3. The molecule has 3 atom stereocenters. The largest absolute Gasteiger partial charge is 0.381 e. The van der Waals surface area contributed by atoms with Crippen LogP contribution in [0.4, 0.5) is 4.39 Å². The second-order valence-electron chi connectivity index (χ2n) is 9.13. The van der Waals surface area contributed by atoms with Crippen LogP contribution >= 0.6 is 11.8 Å². The van der Waals surface area contributed by atoms with E-state index in [0.29, 0.717) is 12.0 Å². The molecule has 25 heavy (non-hydrogen) atoms. The van der Waals surface area contributed by atoms with Gasteiger partial charge in [0, 0.05) is 35.3 Å². The summed E-state index contributed by atoms with van der Waals surface area (Å²) in [5, 5.41) is 4.24. The van der Waals surface area contributed by atoms with E-state index in [4.69, 9.17) is 4.74 Å². The van der Waals surface area contributed by atoms with Gasteiger partial charge in [-0.25, -0.2) is 4.39 Å². The summed E-state index contributed by atoms with van der Waals surface area (Å²) in [6, 6.07) is 0.434. The molecule has 0 aromatic rings. The smallest absolute Gasteiger partial charge is 0.116 e. The molecule has 146 valence electrons. The fraction of sp³-hybridized carbons (Fsp3) is 1.00. The maximum absolute atomic E-state index is 14.9. The molecule has 0 aromatic heterocycles. The summed E-state index contributed by atoms with van der Waals surface area (Å²) in [6.07, 6.45) is 9.97. The Balaban J connectivity index is 1.64. The summed E-state index contributed by atoms with van der Waals surface area (Å²) < 4.78 is 20.9. The fourth-order valence-corrected chi connectivity index (χ4v) is 7.21. The molecule has 2 aliphatic carbocycles. The van der Waals surface area contributed by atoms with E-state index in [2.05, 4.69) is 37.8 Å². The highest BCUT2D eigenvalue weighted by atomic mass is 32.2. The van der Waals surface area contributed by atoms with Crippen molar-refractivity contribution in [1.82, 2.24) is 5.32 Å². The molecule has 1 aliphatic heterocycles. The van der Waals surface area contributed by atoms with Gasteiger partial charge in [-0.05, 0) is 69.6 Å². The third-order valence-corrected chi connectivity index (χ3v) is 8.78. The van der Waals surface area contributed by atoms with Gasteiger partial charge in [0.1, 0.15) is 6.17 Å². The molecule has 0 spiro atoms. The first-order chi connectivity index (χ1) is 12.0. The van der Waals surface area contributed by atoms with E-state index < -0.39 is 6.17 Å². The first-order valence-corrected chi connectivity index (χ1v) is 11.5. The lowest BCUT2D eigenvalue weighted by Gasteiger charge is -2.49. The first kappa shape index (κ1) is 19.9. The molecule has 3 fully saturated rings. The third kappa shape index (κ3) is 5.13. The number of ether oxygens (including phenoxy) is 1. The fourth-order valence-electron chi connectivity index (χ4n) is 5.23. The molecule has 0 bridgehead atoms. The molecule has 1 saturated heterocycles. The Morgan fingerprint density at radius 1 is 1.04 bits per heavy atom. The van der Waals surface area contributed by atoms with Crippen LogP contribution in [0.2, 0.25) is 0 Å². The van der Waals surface area contributed by atoms with Crippen LogP contribution in [0.1, 0.15) is 78.6 Å². The van der Waals surface area contributed by atoms with Crippen molar-refractivity contribution in [3.8, 4) is 0 Å². The van der Waals surface area contributed by atoms with E-state index in [1.807, 2.05) is 0 Å². The van der Waals surface area contributed by atoms with Crippen molar-refractivity contribution in [3.63, 3.8) is 0 Å². The van der Waals surface area contributed by atoms with Gasteiger partial charge in [0.05, 0.1) is 0 Å². The Bertz CT molecular complexity index is 405. The van der Waals surface area contributed by atoms with Crippen LogP contribution in [0.3, 0.4) is 0 Å². The van der Waals surface area contributed by atoms with Crippen molar-refractivity contribution < 1.29 is 9.13 Å². The maximum atomic E-state index is 14.9. The summed E-state index contributed by atoms with van der Waals surface area (Å²) in [7, 11) is 0. The normalized spacial score (nSPS) is 39.5. The van der Waals surface area contributed by atoms with E-state index >= 15 is 0 Å². The van der Waals surface area contributed by atoms with E-state index in [-0.39, 0.29) is 10.8 Å². The van der Waals surface area contributed by atoms with Crippen LogP contribution in [0.25, 0.3) is 0 Å². The molecule has 1 heterocycles. The van der Waals surface area contributed by atoms with E-state index in [0.717, 1.165) is 50.1 Å². The summed E-state index contributed by atoms with van der Waals surface area (Å²) in [4.78, 5) is 0. The molecule has 3 aliphatic rings. The zero-order chi connectivity index (χ0) is 17.9. The number of alkyl halides is 1. The van der Waals surface area contributed by atoms with Crippen LogP contribution < -0.4 is 5.32 Å². The lowest BCUT2D eigenvalue weighted by Crippen LogP contribution is -2.50. The van der Waals surface area contributed by atoms with E-state index in [9.17, 15) is 4.39 Å². The van der Waals surface area contributed by atoms with Gasteiger partial charge in [-0.1, -0.05) is 20.8 Å². The molecule has 2 nitrogen and oxygen atoms in total. The minimum atomic E-state index is -0.687. The highest BCUT2D eigenvalue weighted by molar-refractivity contribution is 8.01. The Labute approximate surface area is 158 Å². The van der Waals surface area contributed by atoms with Crippen LogP contribution in [0.5, 0.6) is 0 Å². The van der Waals surface area contributed by atoms with Gasteiger partial charge in [0.25, 0.3) is 0 Å². The van der Waals surface area contributed by atoms with Crippen molar-refractivity contribution in [2.75, 3.05) is 13.2 Å². The standard InChI is InChI=1S/C21H38FNOS/c1-15(2)23-20-9-6-17(14-19(20)22)21(10-12-24-13-11-21)25-18-7-4-16(3)5-8-18/h15-20,23H,4-14H2,1-3H3. The molecular formula is C21H38FNOS. The van der Waals surface area contributed by atoms with Crippen LogP contribution in [-0.4, -0.2) is 41.5 Å². The highest BCUT2D eigenvalue weighted by Gasteiger charge is 2.46. The van der Waals surface area contributed by atoms with Gasteiger partial charge in [-0.2, -0.15) is 11.8 Å². The molecule has 3 unspecified atom stereocenters. The van der Waals surface area contributed by atoms with Crippen LogP contribution in [0, 0.1) is 11.8 Å². The van der Waals surface area contributed by atoms with Crippen molar-refractivity contribution >= 4 is 11.8 Å². The maximum Gasteiger partial charge on any atom is 0.116 e. The monoisotopic (exact) mass is 371 g/mol. The molecule has 3 rings (SSSR count). The van der Waals surface area contributed by atoms with Crippen molar-refractivity contribution in [3.05, 3.63) is 0 Å².